The third-order valence-corrected chi connectivity index (χ3v) is 4.41. The fraction of sp³-hybridized carbons (Fsp3) is 0.632. The van der Waals surface area contributed by atoms with E-state index in [1.54, 1.807) is 13.1 Å². The maximum absolute atomic E-state index is 13.2. The molecule has 0 spiro atoms. The maximum atomic E-state index is 13.2. The zero-order valence-corrected chi connectivity index (χ0v) is 16.7. The van der Waals surface area contributed by atoms with E-state index in [9.17, 15) is 13.2 Å². The van der Waals surface area contributed by atoms with Gasteiger partial charge in [0, 0.05) is 51.0 Å². The first-order valence-electron chi connectivity index (χ1n) is 9.12. The Morgan fingerprint density at radius 3 is 2.26 bits per heavy atom. The van der Waals surface area contributed by atoms with E-state index in [0.717, 1.165) is 31.9 Å². The molecule has 0 aliphatic carbocycles. The summed E-state index contributed by atoms with van der Waals surface area (Å²) in [6.45, 7) is 9.64. The molecule has 152 valence electrons. The molecule has 0 amide bonds. The monoisotopic (exact) mass is 385 g/mol. The minimum absolute atomic E-state index is 0.198. The van der Waals surface area contributed by atoms with Crippen LogP contribution in [0.4, 0.5) is 18.9 Å². The van der Waals surface area contributed by atoms with Gasteiger partial charge in [0.2, 0.25) is 0 Å². The van der Waals surface area contributed by atoms with Crippen LogP contribution in [0.3, 0.4) is 0 Å². The van der Waals surface area contributed by atoms with E-state index in [2.05, 4.69) is 32.5 Å². The van der Waals surface area contributed by atoms with E-state index in [4.69, 9.17) is 0 Å². The number of hydrogen-bond donors (Lipinski definition) is 2. The minimum atomic E-state index is -4.36. The standard InChI is InChI=1S/C19H30F3N5/c1-18(2,3)25-17(23-4)24-13-14-12-15(19(20,21)22)6-7-16(14)27-10-8-26(5)9-11-27/h6-7,12H,8-11,13H2,1-5H3,(H2,23,24,25). The fourth-order valence-corrected chi connectivity index (χ4v) is 2.97. The molecule has 1 saturated heterocycles. The van der Waals surface area contributed by atoms with E-state index >= 15 is 0 Å². The van der Waals surface area contributed by atoms with Crippen molar-refractivity contribution in [3.05, 3.63) is 29.3 Å². The molecule has 0 bridgehead atoms. The Kier molecular flexibility index (Phi) is 6.62. The van der Waals surface area contributed by atoms with Crippen LogP contribution in [0, 0.1) is 0 Å². The molecule has 1 aromatic carbocycles. The molecule has 1 fully saturated rings. The van der Waals surface area contributed by atoms with Crippen molar-refractivity contribution in [2.75, 3.05) is 45.2 Å². The first kappa shape index (κ1) is 21.3. The summed E-state index contributed by atoms with van der Waals surface area (Å²) < 4.78 is 39.6. The van der Waals surface area contributed by atoms with E-state index in [1.807, 2.05) is 20.8 Å². The first-order chi connectivity index (χ1) is 12.5. The summed E-state index contributed by atoms with van der Waals surface area (Å²) in [6, 6.07) is 4.00. The number of nitrogens with one attached hydrogen (secondary N) is 2. The Bertz CT molecular complexity index is 656. The molecule has 0 aromatic heterocycles. The van der Waals surface area contributed by atoms with Crippen molar-refractivity contribution in [3.8, 4) is 0 Å². The van der Waals surface area contributed by atoms with Crippen LogP contribution in [-0.4, -0.2) is 56.7 Å². The summed E-state index contributed by atoms with van der Waals surface area (Å²) in [5.74, 6) is 0.559. The van der Waals surface area contributed by atoms with Gasteiger partial charge in [-0.15, -0.1) is 0 Å². The fourth-order valence-electron chi connectivity index (χ4n) is 2.97. The van der Waals surface area contributed by atoms with Crippen LogP contribution in [0.25, 0.3) is 0 Å². The van der Waals surface area contributed by atoms with Crippen LogP contribution in [0.15, 0.2) is 23.2 Å². The summed E-state index contributed by atoms with van der Waals surface area (Å²) in [5, 5.41) is 6.37. The Hall–Kier alpha value is -1.96. The van der Waals surface area contributed by atoms with E-state index in [0.29, 0.717) is 11.5 Å². The lowest BCUT2D eigenvalue weighted by atomic mass is 10.1. The number of anilines is 1. The molecule has 1 aliphatic heterocycles. The molecule has 27 heavy (non-hydrogen) atoms. The largest absolute Gasteiger partial charge is 0.416 e. The number of benzene rings is 1. The second-order valence-electron chi connectivity index (χ2n) is 7.93. The average molecular weight is 385 g/mol. The van der Waals surface area contributed by atoms with Crippen LogP contribution in [0.1, 0.15) is 31.9 Å². The summed E-state index contributed by atoms with van der Waals surface area (Å²) in [5.41, 5.74) is 0.632. The number of alkyl halides is 3. The number of likely N-dealkylation sites (N-methyl/N-ethyl adjacent to an activating group) is 1. The van der Waals surface area contributed by atoms with Crippen molar-refractivity contribution < 1.29 is 13.2 Å². The predicted octanol–water partition coefficient (Wildman–Crippen LogP) is 2.92. The molecular formula is C19H30F3N5. The Balaban J connectivity index is 2.24. The number of hydrogen-bond acceptors (Lipinski definition) is 3. The molecule has 2 rings (SSSR count). The number of piperazine rings is 1. The van der Waals surface area contributed by atoms with Crippen LogP contribution >= 0.6 is 0 Å². The lowest BCUT2D eigenvalue weighted by Gasteiger charge is -2.35. The van der Waals surface area contributed by atoms with Gasteiger partial charge in [-0.25, -0.2) is 0 Å². The quantitative estimate of drug-likeness (QED) is 0.620. The highest BCUT2D eigenvalue weighted by atomic mass is 19.4. The molecule has 0 unspecified atom stereocenters. The topological polar surface area (TPSA) is 42.9 Å². The van der Waals surface area contributed by atoms with Gasteiger partial charge in [-0.3, -0.25) is 4.99 Å². The van der Waals surface area contributed by atoms with Gasteiger partial charge in [-0.1, -0.05) is 0 Å². The molecule has 0 saturated carbocycles. The maximum Gasteiger partial charge on any atom is 0.416 e. The lowest BCUT2D eigenvalue weighted by molar-refractivity contribution is -0.137. The zero-order chi connectivity index (χ0) is 20.2. The van der Waals surface area contributed by atoms with Gasteiger partial charge >= 0.3 is 6.18 Å². The normalized spacial score (nSPS) is 17.2. The third-order valence-electron chi connectivity index (χ3n) is 4.41. The van der Waals surface area contributed by atoms with E-state index in [-0.39, 0.29) is 12.1 Å². The molecule has 8 heteroatoms. The van der Waals surface area contributed by atoms with Gasteiger partial charge in [-0.05, 0) is 51.6 Å². The summed E-state index contributed by atoms with van der Waals surface area (Å²) in [7, 11) is 3.70. The lowest BCUT2D eigenvalue weighted by Crippen LogP contribution is -2.47. The first-order valence-corrected chi connectivity index (χ1v) is 9.12. The zero-order valence-electron chi connectivity index (χ0n) is 16.7. The second kappa shape index (κ2) is 8.37. The van der Waals surface area contributed by atoms with Crippen molar-refractivity contribution in [1.29, 1.82) is 0 Å². The van der Waals surface area contributed by atoms with Gasteiger partial charge in [0.1, 0.15) is 0 Å². The summed E-state index contributed by atoms with van der Waals surface area (Å²) >= 11 is 0. The van der Waals surface area contributed by atoms with Crippen LogP contribution in [-0.2, 0) is 12.7 Å². The SMILES string of the molecule is CN=C(NCc1cc(C(F)(F)F)ccc1N1CCN(C)CC1)NC(C)(C)C. The van der Waals surface area contributed by atoms with Crippen molar-refractivity contribution in [3.63, 3.8) is 0 Å². The minimum Gasteiger partial charge on any atom is -0.369 e. The molecule has 0 atom stereocenters. The van der Waals surface area contributed by atoms with Crippen molar-refractivity contribution >= 4 is 11.6 Å². The number of nitrogens with zero attached hydrogens (tertiary/aromatic N) is 3. The number of halogens is 3. The molecule has 5 nitrogen and oxygen atoms in total. The smallest absolute Gasteiger partial charge is 0.369 e. The average Bonchev–Trinajstić information content (AvgIpc) is 2.57. The Morgan fingerprint density at radius 2 is 1.74 bits per heavy atom. The summed E-state index contributed by atoms with van der Waals surface area (Å²) in [4.78, 5) is 8.53. The van der Waals surface area contributed by atoms with Gasteiger partial charge in [-0.2, -0.15) is 13.2 Å². The molecule has 1 heterocycles. The molecular weight excluding hydrogens is 355 g/mol. The summed E-state index contributed by atoms with van der Waals surface area (Å²) in [6.07, 6.45) is -4.36. The van der Waals surface area contributed by atoms with Crippen LogP contribution < -0.4 is 15.5 Å². The van der Waals surface area contributed by atoms with Gasteiger partial charge in [0.15, 0.2) is 5.96 Å². The molecule has 1 aromatic rings. The van der Waals surface area contributed by atoms with E-state index < -0.39 is 11.7 Å². The highest BCUT2D eigenvalue weighted by molar-refractivity contribution is 5.80. The number of guanidine groups is 1. The van der Waals surface area contributed by atoms with Gasteiger partial charge in [0.05, 0.1) is 5.56 Å². The van der Waals surface area contributed by atoms with Gasteiger partial charge in [0.25, 0.3) is 0 Å². The third kappa shape index (κ3) is 6.30. The van der Waals surface area contributed by atoms with Gasteiger partial charge < -0.3 is 20.4 Å². The van der Waals surface area contributed by atoms with E-state index in [1.165, 1.54) is 12.1 Å². The number of rotatable bonds is 3. The highest BCUT2D eigenvalue weighted by Gasteiger charge is 2.31. The Morgan fingerprint density at radius 1 is 1.11 bits per heavy atom. The molecule has 0 radical (unpaired) electrons. The van der Waals surface area contributed by atoms with Crippen molar-refractivity contribution in [2.45, 2.75) is 39.0 Å². The second-order valence-corrected chi connectivity index (χ2v) is 7.93. The number of aliphatic imine (C=N–C) groups is 1. The molecule has 1 aliphatic rings. The highest BCUT2D eigenvalue weighted by Crippen LogP contribution is 2.33. The van der Waals surface area contributed by atoms with Crippen molar-refractivity contribution in [2.24, 2.45) is 4.99 Å². The van der Waals surface area contributed by atoms with Crippen LogP contribution in [0.2, 0.25) is 0 Å². The predicted molar refractivity (Wildman–Crippen MR) is 104 cm³/mol. The Labute approximate surface area is 159 Å². The molecule has 2 N–H and O–H groups in total. The van der Waals surface area contributed by atoms with Crippen LogP contribution in [0.5, 0.6) is 0 Å². The van der Waals surface area contributed by atoms with Crippen molar-refractivity contribution in [1.82, 2.24) is 15.5 Å².